The molecule has 1 atom stereocenters. The molecule has 0 saturated heterocycles. The van der Waals surface area contributed by atoms with Gasteiger partial charge in [-0.1, -0.05) is 49.5 Å². The summed E-state index contributed by atoms with van der Waals surface area (Å²) in [6.07, 6.45) is 0.547. The average molecular weight is 376 g/mol. The van der Waals surface area contributed by atoms with Gasteiger partial charge >= 0.3 is 0 Å². The van der Waals surface area contributed by atoms with E-state index in [1.807, 2.05) is 37.3 Å². The van der Waals surface area contributed by atoms with Gasteiger partial charge < -0.3 is 5.32 Å². The molecule has 0 aliphatic heterocycles. The molecule has 0 aromatic heterocycles. The molecule has 1 aromatic rings. The molecule has 1 amide bonds. The van der Waals surface area contributed by atoms with Gasteiger partial charge in [-0.15, -0.1) is 11.8 Å². The van der Waals surface area contributed by atoms with Gasteiger partial charge in [0.1, 0.15) is 0 Å². The Bertz CT molecular complexity index is 657. The molecule has 0 aliphatic rings. The van der Waals surface area contributed by atoms with E-state index in [-0.39, 0.29) is 5.91 Å². The van der Waals surface area contributed by atoms with E-state index in [0.717, 1.165) is 5.56 Å². The molecule has 8 heteroatoms. The Hall–Kier alpha value is -0.960. The third-order valence-corrected chi connectivity index (χ3v) is 5.82. The van der Waals surface area contributed by atoms with Crippen LogP contribution in [-0.4, -0.2) is 39.6 Å². The Labute approximate surface area is 147 Å². The highest BCUT2D eigenvalue weighted by molar-refractivity contribution is 8.24. The van der Waals surface area contributed by atoms with Gasteiger partial charge in [0.15, 0.2) is 0 Å². The summed E-state index contributed by atoms with van der Waals surface area (Å²) >= 11 is 6.63. The lowest BCUT2D eigenvalue weighted by Gasteiger charge is -2.27. The minimum Gasteiger partial charge on any atom is -0.349 e. The largest absolute Gasteiger partial charge is 0.349 e. The summed E-state index contributed by atoms with van der Waals surface area (Å²) in [5.74, 6) is -0.847. The molecule has 1 aromatic carbocycles. The maximum atomic E-state index is 12.4. The van der Waals surface area contributed by atoms with Crippen LogP contribution in [0.15, 0.2) is 30.3 Å². The Morgan fingerprint density at radius 3 is 2.39 bits per heavy atom. The lowest BCUT2D eigenvalue weighted by atomic mass is 10.1. The number of benzene rings is 1. The number of thioether (sulfide) groups is 1. The van der Waals surface area contributed by atoms with Gasteiger partial charge in [-0.05, 0) is 25.8 Å². The molecular weight excluding hydrogens is 354 g/mol. The number of hydrogen-bond donors (Lipinski definition) is 2. The van der Waals surface area contributed by atoms with E-state index >= 15 is 0 Å². The Morgan fingerprint density at radius 2 is 1.91 bits per heavy atom. The van der Waals surface area contributed by atoms with Gasteiger partial charge in [0, 0.05) is 0 Å². The number of hydrogen-bond acceptors (Lipinski definition) is 5. The molecule has 0 radical (unpaired) electrons. The first-order valence-electron chi connectivity index (χ1n) is 7.07. The van der Waals surface area contributed by atoms with Gasteiger partial charge in [0.2, 0.25) is 5.91 Å². The maximum absolute atomic E-state index is 12.4. The van der Waals surface area contributed by atoms with Gasteiger partial charge in [-0.25, -0.2) is 0 Å². The normalized spacial score (nSPS) is 13.4. The van der Waals surface area contributed by atoms with Crippen LogP contribution in [0.5, 0.6) is 0 Å². The van der Waals surface area contributed by atoms with E-state index in [1.165, 1.54) is 11.8 Å². The molecule has 128 valence electrons. The zero-order chi connectivity index (χ0) is 17.7. The molecule has 0 spiro atoms. The molecule has 0 fully saturated rings. The Morgan fingerprint density at radius 1 is 1.35 bits per heavy atom. The van der Waals surface area contributed by atoms with Crippen LogP contribution in [0.3, 0.4) is 0 Å². The average Bonchev–Trinajstić information content (AvgIpc) is 2.42. The predicted octanol–water partition coefficient (Wildman–Crippen LogP) is 2.66. The second-order valence-electron chi connectivity index (χ2n) is 5.77. The fourth-order valence-electron chi connectivity index (χ4n) is 2.00. The van der Waals surface area contributed by atoms with Crippen molar-refractivity contribution in [2.45, 2.75) is 38.0 Å². The van der Waals surface area contributed by atoms with Crippen molar-refractivity contribution in [2.24, 2.45) is 0 Å². The van der Waals surface area contributed by atoms with Crippen molar-refractivity contribution in [2.75, 3.05) is 5.75 Å². The number of thiocarbonyl (C=S) groups is 1. The van der Waals surface area contributed by atoms with E-state index in [2.05, 4.69) is 5.32 Å². The predicted molar refractivity (Wildman–Crippen MR) is 98.4 cm³/mol. The molecule has 2 N–H and O–H groups in total. The van der Waals surface area contributed by atoms with Crippen molar-refractivity contribution in [3.63, 3.8) is 0 Å². The fraction of sp³-hybridized carbons (Fsp3) is 0.467. The number of rotatable bonds is 7. The highest BCUT2D eigenvalue weighted by Gasteiger charge is 2.30. The van der Waals surface area contributed by atoms with Gasteiger partial charge in [0.05, 0.1) is 20.7 Å². The zero-order valence-electron chi connectivity index (χ0n) is 13.3. The number of carbonyl (C=O) groups is 1. The van der Waals surface area contributed by atoms with Crippen LogP contribution in [0.1, 0.15) is 32.8 Å². The number of amides is 1. The van der Waals surface area contributed by atoms with Crippen molar-refractivity contribution < 1.29 is 17.8 Å². The highest BCUT2D eigenvalue weighted by atomic mass is 32.2. The summed E-state index contributed by atoms with van der Waals surface area (Å²) in [5.41, 5.74) is -0.191. The third-order valence-electron chi connectivity index (χ3n) is 2.93. The highest BCUT2D eigenvalue weighted by Crippen LogP contribution is 2.22. The van der Waals surface area contributed by atoms with Crippen molar-refractivity contribution >= 4 is 44.2 Å². The van der Waals surface area contributed by atoms with Crippen LogP contribution in [-0.2, 0) is 14.9 Å². The van der Waals surface area contributed by atoms with Crippen molar-refractivity contribution in [3.8, 4) is 0 Å². The standard InChI is InChI=1S/C15H21NO4S3/c1-4-12(22-14(21)11-8-6-5-7-9-11)13(17)16-15(2,3)10-23(18,19)20/h5-9,12H,4,10H2,1-3H3,(H,16,17)(H,18,19,20). The van der Waals surface area contributed by atoms with Gasteiger partial charge in [-0.3, -0.25) is 9.35 Å². The molecule has 0 heterocycles. The number of nitrogens with one attached hydrogen (secondary N) is 1. The molecule has 0 aliphatic carbocycles. The molecule has 0 bridgehead atoms. The van der Waals surface area contributed by atoms with Crippen LogP contribution in [0.25, 0.3) is 0 Å². The second kappa shape index (κ2) is 8.23. The van der Waals surface area contributed by atoms with Gasteiger partial charge in [-0.2, -0.15) is 8.42 Å². The summed E-state index contributed by atoms with van der Waals surface area (Å²) in [5, 5.41) is 2.23. The first-order chi connectivity index (χ1) is 10.5. The summed E-state index contributed by atoms with van der Waals surface area (Å²) in [7, 11) is -4.17. The van der Waals surface area contributed by atoms with Crippen LogP contribution >= 0.6 is 24.0 Å². The van der Waals surface area contributed by atoms with E-state index in [1.54, 1.807) is 13.8 Å². The summed E-state index contributed by atoms with van der Waals surface area (Å²) in [6, 6.07) is 9.39. The summed E-state index contributed by atoms with van der Waals surface area (Å²) in [6.45, 7) is 4.96. The van der Waals surface area contributed by atoms with Crippen LogP contribution in [0.4, 0.5) is 0 Å². The van der Waals surface area contributed by atoms with E-state index < -0.39 is 26.7 Å². The van der Waals surface area contributed by atoms with E-state index in [9.17, 15) is 13.2 Å². The SMILES string of the molecule is CCC(SC(=S)c1ccccc1)C(=O)NC(C)(C)CS(=O)(=O)O. The van der Waals surface area contributed by atoms with E-state index in [4.69, 9.17) is 16.8 Å². The molecule has 5 nitrogen and oxygen atoms in total. The van der Waals surface area contributed by atoms with Crippen LogP contribution in [0, 0.1) is 0 Å². The first kappa shape index (κ1) is 20.1. The third kappa shape index (κ3) is 7.43. The Balaban J connectivity index is 2.74. The zero-order valence-corrected chi connectivity index (χ0v) is 15.7. The molecule has 1 unspecified atom stereocenters. The van der Waals surface area contributed by atoms with Crippen LogP contribution in [0.2, 0.25) is 0 Å². The summed E-state index contributed by atoms with van der Waals surface area (Å²) < 4.78 is 31.6. The minimum absolute atomic E-state index is 0.301. The maximum Gasteiger partial charge on any atom is 0.267 e. The molecule has 0 saturated carbocycles. The van der Waals surface area contributed by atoms with Gasteiger partial charge in [0.25, 0.3) is 10.1 Å². The summed E-state index contributed by atoms with van der Waals surface area (Å²) in [4.78, 5) is 12.4. The monoisotopic (exact) mass is 375 g/mol. The minimum atomic E-state index is -4.17. The fourth-order valence-corrected chi connectivity index (χ4v) is 4.33. The molecular formula is C15H21NO4S3. The smallest absolute Gasteiger partial charge is 0.267 e. The molecule has 23 heavy (non-hydrogen) atoms. The topological polar surface area (TPSA) is 83.5 Å². The van der Waals surface area contributed by atoms with Crippen LogP contribution < -0.4 is 5.32 Å². The van der Waals surface area contributed by atoms with Crippen molar-refractivity contribution in [1.29, 1.82) is 0 Å². The number of carbonyl (C=O) groups excluding carboxylic acids is 1. The second-order valence-corrected chi connectivity index (χ2v) is 9.10. The van der Waals surface area contributed by atoms with Crippen molar-refractivity contribution in [3.05, 3.63) is 35.9 Å². The molecule has 1 rings (SSSR count). The van der Waals surface area contributed by atoms with Crippen molar-refractivity contribution in [1.82, 2.24) is 5.32 Å². The Kier molecular flexibility index (Phi) is 7.19. The van der Waals surface area contributed by atoms with E-state index in [0.29, 0.717) is 10.6 Å². The first-order valence-corrected chi connectivity index (χ1v) is 9.97. The quantitative estimate of drug-likeness (QED) is 0.563. The lowest BCUT2D eigenvalue weighted by Crippen LogP contribution is -2.51. The lowest BCUT2D eigenvalue weighted by molar-refractivity contribution is -0.121.